The summed E-state index contributed by atoms with van der Waals surface area (Å²) in [5.74, 6) is 2.53. The Morgan fingerprint density at radius 2 is 1.00 bits per heavy atom. The van der Waals surface area contributed by atoms with Crippen molar-refractivity contribution in [1.29, 1.82) is 0 Å². The van der Waals surface area contributed by atoms with Crippen LogP contribution in [0.1, 0.15) is 69.1 Å². The van der Waals surface area contributed by atoms with Crippen LogP contribution in [-0.4, -0.2) is 6.71 Å². The summed E-state index contributed by atoms with van der Waals surface area (Å²) < 4.78 is 0. The quantitative estimate of drug-likeness (QED) is 0.155. The fraction of sp³-hybridized carbons (Fsp3) is 0.213. The van der Waals surface area contributed by atoms with Gasteiger partial charge in [-0.05, 0) is 185 Å². The fourth-order valence-corrected chi connectivity index (χ4v) is 14.4. The van der Waals surface area contributed by atoms with Crippen LogP contribution in [0.3, 0.4) is 0 Å². The molecule has 0 amide bonds. The topological polar surface area (TPSA) is 9.72 Å². The van der Waals surface area contributed by atoms with Crippen LogP contribution in [0.4, 0.5) is 51.2 Å². The summed E-state index contributed by atoms with van der Waals surface area (Å²) >= 11 is 0. The van der Waals surface area contributed by atoms with Gasteiger partial charge >= 0.3 is 0 Å². The highest BCUT2D eigenvalue weighted by Crippen LogP contribution is 2.62. The van der Waals surface area contributed by atoms with Crippen LogP contribution in [0.15, 0.2) is 188 Å². The number of para-hydroxylation sites is 4. The third-order valence-electron chi connectivity index (χ3n) is 16.7. The molecule has 0 spiro atoms. The Bertz CT molecular complexity index is 3120. The van der Waals surface area contributed by atoms with Gasteiger partial charge in [-0.15, -0.1) is 0 Å². The number of hydrogen-bond donors (Lipinski definition) is 0. The third-order valence-corrected chi connectivity index (χ3v) is 16.7. The predicted molar refractivity (Wildman–Crippen MR) is 273 cm³/mol. The second-order valence-corrected chi connectivity index (χ2v) is 20.8. The lowest BCUT2D eigenvalue weighted by molar-refractivity contribution is -0.00514. The van der Waals surface area contributed by atoms with Crippen LogP contribution in [0.5, 0.6) is 0 Å². The van der Waals surface area contributed by atoms with Crippen LogP contribution >= 0.6 is 0 Å². The van der Waals surface area contributed by atoms with Gasteiger partial charge in [0.15, 0.2) is 0 Å². The van der Waals surface area contributed by atoms with E-state index in [-0.39, 0.29) is 17.5 Å². The molecule has 0 aromatic heterocycles. The molecule has 2 aliphatic heterocycles. The fourth-order valence-electron chi connectivity index (χ4n) is 14.4. The summed E-state index contributed by atoms with van der Waals surface area (Å²) in [6.07, 6.45) is 8.24. The zero-order valence-corrected chi connectivity index (χ0v) is 37.3. The monoisotopic (exact) mass is 837 g/mol. The van der Waals surface area contributed by atoms with Crippen molar-refractivity contribution in [1.82, 2.24) is 0 Å². The SMILES string of the molecule is CC1(C)c2ccccc2-c2ccc(N3c4cc(N(c5ccccc5)c5ccccc5)ccc4B4c5ccccc5N(c5ccccc5)c5cc(C67CC8CC(CC(C8)C6)C7)cc3c54)cc21. The summed E-state index contributed by atoms with van der Waals surface area (Å²) in [5.41, 5.74) is 22.3. The Balaban J connectivity index is 1.07. The first kappa shape index (κ1) is 37.6. The second kappa shape index (κ2) is 13.9. The molecular formula is C61H52BN3. The van der Waals surface area contributed by atoms with E-state index in [1.54, 1.807) is 5.56 Å². The van der Waals surface area contributed by atoms with Crippen LogP contribution in [0.25, 0.3) is 11.1 Å². The van der Waals surface area contributed by atoms with Crippen LogP contribution in [0, 0.1) is 17.8 Å². The smallest absolute Gasteiger partial charge is 0.252 e. The largest absolute Gasteiger partial charge is 0.311 e. The normalized spacial score (nSPS) is 22.2. The number of anilines is 9. The van der Waals surface area contributed by atoms with Crippen molar-refractivity contribution in [3.05, 3.63) is 205 Å². The number of nitrogens with zero attached hydrogens (tertiary/aromatic N) is 3. The van der Waals surface area contributed by atoms with E-state index in [2.05, 4.69) is 217 Å². The molecule has 7 aliphatic rings. The molecule has 0 N–H and O–H groups in total. The molecule has 5 aliphatic carbocycles. The van der Waals surface area contributed by atoms with Crippen LogP contribution < -0.4 is 31.1 Å². The van der Waals surface area contributed by atoms with Crippen molar-refractivity contribution in [2.24, 2.45) is 17.8 Å². The van der Waals surface area contributed by atoms with Gasteiger partial charge in [-0.25, -0.2) is 0 Å². The number of hydrogen-bond acceptors (Lipinski definition) is 3. The summed E-state index contributed by atoms with van der Waals surface area (Å²) in [6.45, 7) is 4.89. The standard InChI is InChI=1S/C61H52BN3/c1-60(2)51-23-13-12-22-49(51)50-28-26-47(35-52(50)60)65-56-36-48(63(44-16-6-3-7-17-44)45-18-8-4-9-19-45)27-29-54(56)62-53-24-14-15-25-55(53)64(46-20-10-5-11-21-46)57-33-43(34-58(65)59(57)62)61-37-40-30-41(38-61)32-42(31-40)39-61/h3-29,33-36,40-42H,30-32,37-39H2,1-2H3. The van der Waals surface area contributed by atoms with E-state index in [0.29, 0.717) is 0 Å². The summed E-state index contributed by atoms with van der Waals surface area (Å²) in [6, 6.07) is 71.5. The molecule has 15 rings (SSSR count). The summed E-state index contributed by atoms with van der Waals surface area (Å²) in [5, 5.41) is 0. The van der Waals surface area contributed by atoms with E-state index >= 15 is 0 Å². The van der Waals surface area contributed by atoms with Crippen molar-refractivity contribution in [2.75, 3.05) is 14.7 Å². The average Bonchev–Trinajstić information content (AvgIpc) is 3.57. The van der Waals surface area contributed by atoms with Crippen molar-refractivity contribution in [2.45, 2.75) is 63.2 Å². The van der Waals surface area contributed by atoms with Gasteiger partial charge in [-0.3, -0.25) is 0 Å². The molecule has 0 atom stereocenters. The molecule has 2 heterocycles. The van der Waals surface area contributed by atoms with E-state index in [9.17, 15) is 0 Å². The van der Waals surface area contributed by atoms with Gasteiger partial charge < -0.3 is 14.7 Å². The molecule has 0 saturated heterocycles. The Morgan fingerprint density at radius 3 is 1.68 bits per heavy atom. The van der Waals surface area contributed by atoms with E-state index in [1.807, 2.05) is 0 Å². The first-order valence-electron chi connectivity index (χ1n) is 24.1. The molecular weight excluding hydrogens is 786 g/mol. The lowest BCUT2D eigenvalue weighted by Crippen LogP contribution is -2.61. The van der Waals surface area contributed by atoms with Crippen molar-refractivity contribution < 1.29 is 0 Å². The van der Waals surface area contributed by atoms with E-state index in [4.69, 9.17) is 0 Å². The van der Waals surface area contributed by atoms with Crippen LogP contribution in [0.2, 0.25) is 0 Å². The van der Waals surface area contributed by atoms with Crippen molar-refractivity contribution in [3.8, 4) is 11.1 Å². The Labute approximate surface area is 384 Å². The van der Waals surface area contributed by atoms with Gasteiger partial charge in [-0.1, -0.05) is 123 Å². The molecule has 4 fully saturated rings. The van der Waals surface area contributed by atoms with E-state index in [0.717, 1.165) is 34.8 Å². The summed E-state index contributed by atoms with van der Waals surface area (Å²) in [7, 11) is 0. The number of rotatable bonds is 6. The highest BCUT2D eigenvalue weighted by atomic mass is 15.2. The molecule has 4 bridgehead atoms. The Kier molecular flexibility index (Phi) is 8.02. The molecule has 8 aromatic carbocycles. The lowest BCUT2D eigenvalue weighted by Gasteiger charge is -2.57. The minimum absolute atomic E-state index is 0.0545. The Hall–Kier alpha value is -6.78. The molecule has 4 saturated carbocycles. The first-order valence-corrected chi connectivity index (χ1v) is 24.1. The van der Waals surface area contributed by atoms with Crippen molar-refractivity contribution in [3.63, 3.8) is 0 Å². The van der Waals surface area contributed by atoms with Gasteiger partial charge in [0.25, 0.3) is 6.71 Å². The third kappa shape index (κ3) is 5.49. The zero-order valence-electron chi connectivity index (χ0n) is 37.3. The van der Waals surface area contributed by atoms with Gasteiger partial charge in [0.05, 0.1) is 0 Å². The average molecular weight is 838 g/mol. The van der Waals surface area contributed by atoms with Crippen molar-refractivity contribution >= 4 is 74.3 Å². The highest BCUT2D eigenvalue weighted by Gasteiger charge is 2.53. The van der Waals surface area contributed by atoms with Gasteiger partial charge in [-0.2, -0.15) is 0 Å². The Morgan fingerprint density at radius 1 is 0.446 bits per heavy atom. The molecule has 0 unspecified atom stereocenters. The van der Waals surface area contributed by atoms with Gasteiger partial charge in [0.1, 0.15) is 0 Å². The zero-order chi connectivity index (χ0) is 43.0. The lowest BCUT2D eigenvalue weighted by atomic mass is 9.33. The maximum atomic E-state index is 2.71. The molecule has 0 radical (unpaired) electrons. The number of fused-ring (bicyclic) bond motifs is 7. The molecule has 4 heteroatoms. The first-order chi connectivity index (χ1) is 31.9. The van der Waals surface area contributed by atoms with Crippen LogP contribution in [-0.2, 0) is 10.8 Å². The maximum Gasteiger partial charge on any atom is 0.252 e. The molecule has 8 aromatic rings. The van der Waals surface area contributed by atoms with Gasteiger partial charge in [0, 0.05) is 56.6 Å². The van der Waals surface area contributed by atoms with Gasteiger partial charge in [0.2, 0.25) is 0 Å². The maximum absolute atomic E-state index is 2.71. The minimum atomic E-state index is -0.133. The molecule has 65 heavy (non-hydrogen) atoms. The predicted octanol–water partition coefficient (Wildman–Crippen LogP) is 14.0. The minimum Gasteiger partial charge on any atom is -0.311 e. The summed E-state index contributed by atoms with van der Waals surface area (Å²) in [4.78, 5) is 7.74. The van der Waals surface area contributed by atoms with E-state index in [1.165, 1.54) is 111 Å². The highest BCUT2D eigenvalue weighted by molar-refractivity contribution is 7.00. The number of benzene rings is 8. The molecule has 3 nitrogen and oxygen atoms in total. The second-order valence-electron chi connectivity index (χ2n) is 20.8. The molecule has 314 valence electrons. The van der Waals surface area contributed by atoms with E-state index < -0.39 is 0 Å².